The summed E-state index contributed by atoms with van der Waals surface area (Å²) < 4.78 is 2.22. The fourth-order valence-corrected chi connectivity index (χ4v) is 3.63. The van der Waals surface area contributed by atoms with E-state index in [2.05, 4.69) is 117 Å². The second kappa shape index (κ2) is 6.54. The Kier molecular flexibility index (Phi) is 4.26. The third kappa shape index (κ3) is 3.31. The lowest BCUT2D eigenvalue weighted by Gasteiger charge is -2.02. The Labute approximate surface area is 158 Å². The number of benzene rings is 4. The van der Waals surface area contributed by atoms with Crippen LogP contribution in [0.5, 0.6) is 0 Å². The zero-order valence-corrected chi connectivity index (χ0v) is 16.0. The standard InChI is InChI=1S/C22H14Br2/c23-21-9-7-17-5-3-15(11-19(17)13-21)1-2-16-4-6-18-8-10-22(24)14-20(18)12-16/h1-14H/b2-1+. The summed E-state index contributed by atoms with van der Waals surface area (Å²) in [6, 6.07) is 25.8. The lowest BCUT2D eigenvalue weighted by atomic mass is 10.0. The number of rotatable bonds is 2. The Morgan fingerprint density at radius 2 is 0.875 bits per heavy atom. The van der Waals surface area contributed by atoms with Crippen LogP contribution >= 0.6 is 31.9 Å². The molecular weight excluding hydrogens is 424 g/mol. The van der Waals surface area contributed by atoms with Gasteiger partial charge in [0.25, 0.3) is 0 Å². The van der Waals surface area contributed by atoms with Gasteiger partial charge < -0.3 is 0 Å². The topological polar surface area (TPSA) is 0 Å². The summed E-state index contributed by atoms with van der Waals surface area (Å²) in [5.74, 6) is 0. The average molecular weight is 438 g/mol. The van der Waals surface area contributed by atoms with E-state index in [1.807, 2.05) is 0 Å². The van der Waals surface area contributed by atoms with Crippen LogP contribution in [-0.4, -0.2) is 0 Å². The van der Waals surface area contributed by atoms with Gasteiger partial charge in [0.05, 0.1) is 0 Å². The Bertz CT molecular complexity index is 990. The van der Waals surface area contributed by atoms with Crippen LogP contribution in [0.3, 0.4) is 0 Å². The van der Waals surface area contributed by atoms with E-state index in [1.54, 1.807) is 0 Å². The molecule has 0 heterocycles. The first-order valence-electron chi connectivity index (χ1n) is 7.74. The van der Waals surface area contributed by atoms with Crippen molar-refractivity contribution < 1.29 is 0 Å². The lowest BCUT2D eigenvalue weighted by Crippen LogP contribution is -1.78. The molecule has 0 aliphatic heterocycles. The highest BCUT2D eigenvalue weighted by molar-refractivity contribution is 9.10. The normalized spacial score (nSPS) is 11.6. The Hall–Kier alpha value is -1.90. The lowest BCUT2D eigenvalue weighted by molar-refractivity contribution is 1.67. The van der Waals surface area contributed by atoms with Gasteiger partial charge >= 0.3 is 0 Å². The Morgan fingerprint density at radius 3 is 1.33 bits per heavy atom. The zero-order chi connectivity index (χ0) is 16.5. The molecule has 0 atom stereocenters. The molecule has 4 aromatic carbocycles. The molecule has 4 aromatic rings. The van der Waals surface area contributed by atoms with E-state index in [9.17, 15) is 0 Å². The van der Waals surface area contributed by atoms with Crippen molar-refractivity contribution in [2.45, 2.75) is 0 Å². The predicted octanol–water partition coefficient (Wildman–Crippen LogP) is 7.69. The second-order valence-electron chi connectivity index (χ2n) is 5.84. The van der Waals surface area contributed by atoms with Gasteiger partial charge in [-0.15, -0.1) is 0 Å². The van der Waals surface area contributed by atoms with Crippen LogP contribution in [0.1, 0.15) is 11.1 Å². The minimum absolute atomic E-state index is 1.11. The van der Waals surface area contributed by atoms with E-state index in [0.29, 0.717) is 0 Å². The van der Waals surface area contributed by atoms with Gasteiger partial charge in [0.1, 0.15) is 0 Å². The average Bonchev–Trinajstić information content (AvgIpc) is 2.59. The monoisotopic (exact) mass is 436 g/mol. The maximum Gasteiger partial charge on any atom is 0.0181 e. The number of hydrogen-bond acceptors (Lipinski definition) is 0. The van der Waals surface area contributed by atoms with E-state index >= 15 is 0 Å². The van der Waals surface area contributed by atoms with E-state index in [0.717, 1.165) is 8.95 Å². The van der Waals surface area contributed by atoms with Gasteiger partial charge in [-0.25, -0.2) is 0 Å². The maximum atomic E-state index is 3.54. The highest BCUT2D eigenvalue weighted by Gasteiger charge is 1.98. The summed E-state index contributed by atoms with van der Waals surface area (Å²) in [4.78, 5) is 0. The van der Waals surface area contributed by atoms with Crippen molar-refractivity contribution in [3.8, 4) is 0 Å². The molecule has 2 heteroatoms. The molecule has 0 amide bonds. The number of halogens is 2. The van der Waals surface area contributed by atoms with Crippen LogP contribution in [0.15, 0.2) is 81.7 Å². The Morgan fingerprint density at radius 1 is 0.458 bits per heavy atom. The summed E-state index contributed by atoms with van der Waals surface area (Å²) in [5, 5.41) is 5.00. The third-order valence-electron chi connectivity index (χ3n) is 4.12. The molecule has 0 bridgehead atoms. The molecule has 0 fully saturated rings. The highest BCUT2D eigenvalue weighted by atomic mass is 79.9. The van der Waals surface area contributed by atoms with Crippen LogP contribution in [0.4, 0.5) is 0 Å². The van der Waals surface area contributed by atoms with Crippen molar-refractivity contribution in [2.24, 2.45) is 0 Å². The molecule has 0 N–H and O–H groups in total. The van der Waals surface area contributed by atoms with Gasteiger partial charge in [0, 0.05) is 8.95 Å². The van der Waals surface area contributed by atoms with E-state index in [4.69, 9.17) is 0 Å². The van der Waals surface area contributed by atoms with Crippen LogP contribution in [0, 0.1) is 0 Å². The first-order chi connectivity index (χ1) is 11.7. The molecule has 24 heavy (non-hydrogen) atoms. The first-order valence-corrected chi connectivity index (χ1v) is 9.33. The minimum Gasteiger partial charge on any atom is -0.0544 e. The fraction of sp³-hybridized carbons (Fsp3) is 0. The van der Waals surface area contributed by atoms with Crippen molar-refractivity contribution in [1.29, 1.82) is 0 Å². The minimum atomic E-state index is 1.11. The van der Waals surface area contributed by atoms with Gasteiger partial charge in [-0.2, -0.15) is 0 Å². The van der Waals surface area contributed by atoms with Crippen LogP contribution in [0.25, 0.3) is 33.7 Å². The molecule has 0 aliphatic carbocycles. The molecule has 0 spiro atoms. The molecule has 0 saturated heterocycles. The third-order valence-corrected chi connectivity index (χ3v) is 5.11. The van der Waals surface area contributed by atoms with Gasteiger partial charge in [-0.05, 0) is 69.1 Å². The molecule has 0 unspecified atom stereocenters. The smallest absolute Gasteiger partial charge is 0.0181 e. The van der Waals surface area contributed by atoms with E-state index in [1.165, 1.54) is 32.7 Å². The number of fused-ring (bicyclic) bond motifs is 2. The number of hydrogen-bond donors (Lipinski definition) is 0. The molecule has 4 rings (SSSR count). The van der Waals surface area contributed by atoms with Crippen LogP contribution in [0.2, 0.25) is 0 Å². The van der Waals surface area contributed by atoms with Gasteiger partial charge in [-0.1, -0.05) is 80.4 Å². The molecule has 0 radical (unpaired) electrons. The highest BCUT2D eigenvalue weighted by Crippen LogP contribution is 2.24. The maximum absolute atomic E-state index is 3.54. The van der Waals surface area contributed by atoms with E-state index < -0.39 is 0 Å². The van der Waals surface area contributed by atoms with E-state index in [-0.39, 0.29) is 0 Å². The van der Waals surface area contributed by atoms with Gasteiger partial charge in [-0.3, -0.25) is 0 Å². The van der Waals surface area contributed by atoms with Crippen molar-refractivity contribution in [3.05, 3.63) is 92.9 Å². The second-order valence-corrected chi connectivity index (χ2v) is 7.67. The van der Waals surface area contributed by atoms with Crippen molar-refractivity contribution in [3.63, 3.8) is 0 Å². The zero-order valence-electron chi connectivity index (χ0n) is 12.8. The fourth-order valence-electron chi connectivity index (χ4n) is 2.87. The largest absolute Gasteiger partial charge is 0.0544 e. The molecule has 0 saturated carbocycles. The predicted molar refractivity (Wildman–Crippen MR) is 112 cm³/mol. The Balaban J connectivity index is 1.69. The summed E-state index contributed by atoms with van der Waals surface area (Å²) in [6.45, 7) is 0. The summed E-state index contributed by atoms with van der Waals surface area (Å²) in [5.41, 5.74) is 2.41. The summed E-state index contributed by atoms with van der Waals surface area (Å²) in [7, 11) is 0. The molecule has 0 aliphatic rings. The van der Waals surface area contributed by atoms with Crippen molar-refractivity contribution >= 4 is 65.6 Å². The molecule has 116 valence electrons. The molecule has 0 aromatic heterocycles. The van der Waals surface area contributed by atoms with Crippen molar-refractivity contribution in [2.75, 3.05) is 0 Å². The first kappa shape index (κ1) is 15.6. The van der Waals surface area contributed by atoms with Crippen LogP contribution < -0.4 is 0 Å². The summed E-state index contributed by atoms with van der Waals surface area (Å²) in [6.07, 6.45) is 4.33. The van der Waals surface area contributed by atoms with Gasteiger partial charge in [0.15, 0.2) is 0 Å². The molecule has 0 nitrogen and oxygen atoms in total. The van der Waals surface area contributed by atoms with Crippen LogP contribution in [-0.2, 0) is 0 Å². The van der Waals surface area contributed by atoms with Gasteiger partial charge in [0.2, 0.25) is 0 Å². The van der Waals surface area contributed by atoms with Crippen molar-refractivity contribution in [1.82, 2.24) is 0 Å². The molecular formula is C22H14Br2. The SMILES string of the molecule is Brc1ccc2ccc(/C=C/c3ccc4ccc(Br)cc4c3)cc2c1. The summed E-state index contributed by atoms with van der Waals surface area (Å²) >= 11 is 7.08. The quantitative estimate of drug-likeness (QED) is 0.282.